The Balaban J connectivity index is 1.40. The minimum atomic E-state index is -1.27. The van der Waals surface area contributed by atoms with Crippen molar-refractivity contribution in [2.45, 2.75) is 108 Å². The number of benzene rings is 2. The Kier molecular flexibility index (Phi) is 13.8. The first-order valence-electron chi connectivity index (χ1n) is 20.0. The summed E-state index contributed by atoms with van der Waals surface area (Å²) >= 11 is 0. The number of carbonyl (C=O) groups is 7. The highest BCUT2D eigenvalue weighted by molar-refractivity contribution is 5.99. The molecule has 3 aliphatic heterocycles. The van der Waals surface area contributed by atoms with Gasteiger partial charge in [-0.25, -0.2) is 4.79 Å². The number of ketones is 1. The van der Waals surface area contributed by atoms with Crippen molar-refractivity contribution in [3.63, 3.8) is 0 Å². The summed E-state index contributed by atoms with van der Waals surface area (Å²) in [6.45, 7) is 7.89. The van der Waals surface area contributed by atoms with E-state index in [2.05, 4.69) is 10.6 Å². The van der Waals surface area contributed by atoms with E-state index in [1.54, 1.807) is 44.2 Å². The van der Waals surface area contributed by atoms with Crippen molar-refractivity contribution in [1.29, 1.82) is 0 Å². The second-order valence-electron chi connectivity index (χ2n) is 16.2. The predicted molar refractivity (Wildman–Crippen MR) is 216 cm³/mol. The Bertz CT molecular complexity index is 1850. The molecule has 16 heteroatoms. The normalized spacial score (nSPS) is 21.8. The second kappa shape index (κ2) is 18.4. The number of amides is 7. The van der Waals surface area contributed by atoms with Gasteiger partial charge in [0, 0.05) is 59.2 Å². The number of anilines is 1. The van der Waals surface area contributed by atoms with E-state index in [9.17, 15) is 33.6 Å². The summed E-state index contributed by atoms with van der Waals surface area (Å²) in [7, 11) is 5.32. The fourth-order valence-electron chi connectivity index (χ4n) is 8.05. The van der Waals surface area contributed by atoms with Crippen LogP contribution in [0.2, 0.25) is 0 Å². The lowest BCUT2D eigenvalue weighted by Gasteiger charge is -2.40. The maximum absolute atomic E-state index is 14.8. The summed E-state index contributed by atoms with van der Waals surface area (Å²) in [5.41, 5.74) is 7.26. The third-order valence-corrected chi connectivity index (χ3v) is 11.3. The molecule has 0 bridgehead atoms. The van der Waals surface area contributed by atoms with Crippen LogP contribution in [0.1, 0.15) is 77.0 Å². The summed E-state index contributed by atoms with van der Waals surface area (Å²) in [6.07, 6.45) is 0.478. The molecule has 0 unspecified atom stereocenters. The molecule has 3 fully saturated rings. The number of rotatable bonds is 13. The van der Waals surface area contributed by atoms with Crippen molar-refractivity contribution in [2.24, 2.45) is 5.73 Å². The number of likely N-dealkylation sites (N-methyl/N-ethyl adjacent to an activating group) is 1. The van der Waals surface area contributed by atoms with Gasteiger partial charge in [-0.2, -0.15) is 0 Å². The zero-order valence-corrected chi connectivity index (χ0v) is 34.6. The average Bonchev–Trinajstić information content (AvgIpc) is 3.80. The average molecular weight is 803 g/mol. The van der Waals surface area contributed by atoms with Crippen molar-refractivity contribution in [1.82, 2.24) is 30.2 Å². The molecule has 2 aromatic rings. The van der Waals surface area contributed by atoms with Crippen LogP contribution < -0.4 is 21.3 Å². The molecule has 3 aliphatic rings. The number of hydrogen-bond acceptors (Lipinski definition) is 9. The van der Waals surface area contributed by atoms with E-state index in [1.807, 2.05) is 57.1 Å². The number of likely N-dealkylation sites (tertiary alicyclic amines) is 2. The Hall–Kier alpha value is -5.51. The van der Waals surface area contributed by atoms with Gasteiger partial charge >= 0.3 is 6.03 Å². The quantitative estimate of drug-likeness (QED) is 0.272. The van der Waals surface area contributed by atoms with Gasteiger partial charge in [-0.3, -0.25) is 33.7 Å². The Labute approximate surface area is 340 Å². The molecule has 3 heterocycles. The van der Waals surface area contributed by atoms with Crippen LogP contribution in [-0.4, -0.2) is 138 Å². The molecule has 314 valence electrons. The minimum Gasteiger partial charge on any atom is -0.378 e. The summed E-state index contributed by atoms with van der Waals surface area (Å²) in [6, 6.07) is 10.1. The largest absolute Gasteiger partial charge is 0.378 e. The van der Waals surface area contributed by atoms with Crippen molar-refractivity contribution >= 4 is 47.0 Å². The second-order valence-corrected chi connectivity index (χ2v) is 16.2. The van der Waals surface area contributed by atoms with Crippen molar-refractivity contribution in [2.75, 3.05) is 45.7 Å². The highest BCUT2D eigenvalue weighted by Gasteiger charge is 2.45. The molecule has 0 spiro atoms. The standard InChI is InChI=1S/C42H58N8O8/c1-8-31(44-41(57)50-25-42(3,4)58-26(50)2)38(54)48-21-12-15-32(48)39(55)47(7)34(23-27-16-18-29(19-17-27)46(5)6)40(56)49-22-20-30(51)24-33(49)37(53)45-35(36(43)52)28-13-10-9-11-14-28/h9-11,13-14,16-19,26,31-35H,8,12,15,20-25H2,1-7H3,(H2,43,52)(H,44,57)(H,45,53)/t26-,31-,32+,33+,34+,35+/m1/s1. The van der Waals surface area contributed by atoms with Crippen LogP contribution >= 0.6 is 0 Å². The number of hydrogen-bond donors (Lipinski definition) is 3. The number of nitrogens with one attached hydrogen (secondary N) is 2. The van der Waals surface area contributed by atoms with Crippen molar-refractivity contribution in [3.8, 4) is 0 Å². The van der Waals surface area contributed by atoms with Gasteiger partial charge in [0.05, 0.1) is 12.1 Å². The molecule has 6 atom stereocenters. The number of primary amides is 1. The smallest absolute Gasteiger partial charge is 0.320 e. The van der Waals surface area contributed by atoms with Gasteiger partial charge in [-0.15, -0.1) is 0 Å². The maximum Gasteiger partial charge on any atom is 0.320 e. The molecule has 0 aromatic heterocycles. The van der Waals surface area contributed by atoms with Crippen LogP contribution in [0.25, 0.3) is 0 Å². The third kappa shape index (κ3) is 9.95. The fraction of sp³-hybridized carbons (Fsp3) is 0.548. The van der Waals surface area contributed by atoms with E-state index in [0.717, 1.165) is 11.3 Å². The summed E-state index contributed by atoms with van der Waals surface area (Å²) in [5, 5.41) is 5.51. The molecule has 0 saturated carbocycles. The molecular weight excluding hydrogens is 745 g/mol. The Morgan fingerprint density at radius 2 is 1.55 bits per heavy atom. The van der Waals surface area contributed by atoms with E-state index in [0.29, 0.717) is 24.9 Å². The zero-order valence-electron chi connectivity index (χ0n) is 34.6. The highest BCUT2D eigenvalue weighted by Crippen LogP contribution is 2.28. The molecule has 58 heavy (non-hydrogen) atoms. The monoisotopic (exact) mass is 802 g/mol. The fourth-order valence-corrected chi connectivity index (χ4v) is 8.05. The number of nitrogens with zero attached hydrogens (tertiary/aromatic N) is 5. The first kappa shape index (κ1) is 43.6. The minimum absolute atomic E-state index is 0.00419. The molecule has 16 nitrogen and oxygen atoms in total. The van der Waals surface area contributed by atoms with Gasteiger partial charge in [-0.05, 0) is 63.3 Å². The van der Waals surface area contributed by atoms with Gasteiger partial charge in [0.1, 0.15) is 42.2 Å². The molecule has 5 rings (SSSR count). The summed E-state index contributed by atoms with van der Waals surface area (Å²) in [4.78, 5) is 104. The Morgan fingerprint density at radius 1 is 0.897 bits per heavy atom. The highest BCUT2D eigenvalue weighted by atomic mass is 16.5. The number of piperidine rings is 1. The van der Waals surface area contributed by atoms with Crippen LogP contribution in [0, 0.1) is 0 Å². The lowest BCUT2D eigenvalue weighted by atomic mass is 9.95. The molecule has 0 aliphatic carbocycles. The Morgan fingerprint density at radius 3 is 2.14 bits per heavy atom. The molecule has 3 saturated heterocycles. The number of ether oxygens (including phenoxy) is 1. The summed E-state index contributed by atoms with van der Waals surface area (Å²) in [5.74, 6) is -3.19. The van der Waals surface area contributed by atoms with Crippen LogP contribution in [-0.2, 0) is 39.9 Å². The van der Waals surface area contributed by atoms with Crippen molar-refractivity contribution < 1.29 is 38.3 Å². The van der Waals surface area contributed by atoms with Crippen molar-refractivity contribution in [3.05, 3.63) is 65.7 Å². The van der Waals surface area contributed by atoms with E-state index >= 15 is 0 Å². The molecule has 7 amide bonds. The van der Waals surface area contributed by atoms with Gasteiger partial charge in [0.15, 0.2) is 0 Å². The predicted octanol–water partition coefficient (Wildman–Crippen LogP) is 1.96. The van der Waals surface area contributed by atoms with E-state index < -0.39 is 77.6 Å². The lowest BCUT2D eigenvalue weighted by molar-refractivity contribution is -0.154. The molecule has 2 aromatic carbocycles. The van der Waals surface area contributed by atoms with E-state index in [4.69, 9.17) is 10.5 Å². The number of urea groups is 1. The number of Topliss-reactive ketones (excluding diaryl/α,β-unsaturated/α-hetero) is 1. The van der Waals surface area contributed by atoms with E-state index in [-0.39, 0.29) is 44.6 Å². The summed E-state index contributed by atoms with van der Waals surface area (Å²) < 4.78 is 5.88. The van der Waals surface area contributed by atoms with Crippen LogP contribution in [0.15, 0.2) is 54.6 Å². The van der Waals surface area contributed by atoms with Gasteiger partial charge in [0.25, 0.3) is 0 Å². The lowest BCUT2D eigenvalue weighted by Crippen LogP contribution is -2.61. The van der Waals surface area contributed by atoms with Gasteiger partial charge < -0.3 is 40.7 Å². The third-order valence-electron chi connectivity index (χ3n) is 11.3. The molecular formula is C42H58N8O8. The van der Waals surface area contributed by atoms with Gasteiger partial charge in [-0.1, -0.05) is 49.4 Å². The SMILES string of the molecule is CC[C@@H](NC(=O)N1CC(C)(C)O[C@@H]1C)C(=O)N1CCC[C@H]1C(=O)N(C)[C@@H](Cc1ccc(N(C)C)cc1)C(=O)N1CCC(=O)C[C@H]1C(=O)N[C@H](C(N)=O)c1ccccc1. The molecule has 4 N–H and O–H groups in total. The van der Waals surface area contributed by atoms with Crippen LogP contribution in [0.5, 0.6) is 0 Å². The van der Waals surface area contributed by atoms with Gasteiger partial charge in [0.2, 0.25) is 29.5 Å². The number of nitrogens with two attached hydrogens (primary N) is 1. The first-order chi connectivity index (χ1) is 27.4. The number of carbonyl (C=O) groups excluding carboxylic acids is 7. The zero-order chi connectivity index (χ0) is 42.5. The first-order valence-corrected chi connectivity index (χ1v) is 20.0. The van der Waals surface area contributed by atoms with Crippen LogP contribution in [0.4, 0.5) is 10.5 Å². The maximum atomic E-state index is 14.8. The van der Waals surface area contributed by atoms with E-state index in [1.165, 1.54) is 26.6 Å². The molecule has 0 radical (unpaired) electrons. The topological polar surface area (TPSA) is 195 Å². The van der Waals surface area contributed by atoms with Crippen LogP contribution in [0.3, 0.4) is 0 Å².